The minimum Gasteiger partial charge on any atom is -0.497 e. The molecule has 0 aliphatic carbocycles. The summed E-state index contributed by atoms with van der Waals surface area (Å²) in [5.74, 6) is 0.868. The average Bonchev–Trinajstić information content (AvgIpc) is 2.45. The molecule has 3 aromatic rings. The molecule has 0 aliphatic heterocycles. The van der Waals surface area contributed by atoms with Crippen molar-refractivity contribution in [3.63, 3.8) is 0 Å². The summed E-state index contributed by atoms with van der Waals surface area (Å²) >= 11 is 0. The van der Waals surface area contributed by atoms with Crippen molar-refractivity contribution in [2.24, 2.45) is 0 Å². The van der Waals surface area contributed by atoms with Crippen molar-refractivity contribution in [2.75, 3.05) is 7.11 Å². The third kappa shape index (κ3) is 1.93. The van der Waals surface area contributed by atoms with Gasteiger partial charge in [-0.3, -0.25) is 9.78 Å². The van der Waals surface area contributed by atoms with Crippen molar-refractivity contribution < 1.29 is 9.53 Å². The van der Waals surface area contributed by atoms with E-state index in [2.05, 4.69) is 4.98 Å². The van der Waals surface area contributed by atoms with E-state index in [9.17, 15) is 4.79 Å². The molecule has 3 nitrogen and oxygen atoms in total. The van der Waals surface area contributed by atoms with Crippen molar-refractivity contribution >= 4 is 27.5 Å². The quantitative estimate of drug-likeness (QED) is 0.516. The van der Waals surface area contributed by atoms with Crippen molar-refractivity contribution in [1.82, 2.24) is 4.98 Å². The second kappa shape index (κ2) is 4.35. The van der Waals surface area contributed by atoms with Gasteiger partial charge >= 0.3 is 0 Å². The Morgan fingerprint density at radius 3 is 2.63 bits per heavy atom. The largest absolute Gasteiger partial charge is 0.497 e. The van der Waals surface area contributed by atoms with Crippen LogP contribution in [-0.4, -0.2) is 17.9 Å². The molecular formula is C16H13NO2. The van der Waals surface area contributed by atoms with Crippen LogP contribution >= 0.6 is 0 Å². The molecule has 3 heteroatoms. The molecule has 0 unspecified atom stereocenters. The standard InChI is InChI=1S/C16H13NO2/c1-10(18)11-3-5-15-14-6-4-13(19-2)7-12(14)9-17-16(15)8-11/h3-9H,1-2H3. The molecule has 0 saturated carbocycles. The number of aromatic nitrogens is 1. The van der Waals surface area contributed by atoms with Crippen molar-refractivity contribution in [3.05, 3.63) is 48.2 Å². The lowest BCUT2D eigenvalue weighted by Crippen LogP contribution is -1.92. The van der Waals surface area contributed by atoms with E-state index in [1.807, 2.05) is 42.6 Å². The van der Waals surface area contributed by atoms with Gasteiger partial charge in [0.25, 0.3) is 0 Å². The van der Waals surface area contributed by atoms with Gasteiger partial charge in [0.15, 0.2) is 5.78 Å². The molecule has 0 amide bonds. The maximum atomic E-state index is 11.4. The molecular weight excluding hydrogens is 238 g/mol. The number of benzene rings is 2. The Balaban J connectivity index is 2.31. The first-order chi connectivity index (χ1) is 9.19. The highest BCUT2D eigenvalue weighted by molar-refractivity contribution is 6.08. The third-order valence-corrected chi connectivity index (χ3v) is 3.30. The first-order valence-corrected chi connectivity index (χ1v) is 6.06. The van der Waals surface area contributed by atoms with Crippen LogP contribution in [0.1, 0.15) is 17.3 Å². The number of ether oxygens (including phenoxy) is 1. The van der Waals surface area contributed by atoms with Gasteiger partial charge in [0.2, 0.25) is 0 Å². The average molecular weight is 251 g/mol. The van der Waals surface area contributed by atoms with Gasteiger partial charge < -0.3 is 4.74 Å². The Bertz CT molecular complexity index is 793. The van der Waals surface area contributed by atoms with E-state index in [4.69, 9.17) is 4.74 Å². The number of hydrogen-bond acceptors (Lipinski definition) is 3. The molecule has 1 aromatic heterocycles. The van der Waals surface area contributed by atoms with Crippen LogP contribution in [0.25, 0.3) is 21.7 Å². The summed E-state index contributed by atoms with van der Waals surface area (Å²) in [6, 6.07) is 11.5. The fourth-order valence-electron chi connectivity index (χ4n) is 2.24. The molecule has 0 N–H and O–H groups in total. The van der Waals surface area contributed by atoms with Crippen molar-refractivity contribution in [2.45, 2.75) is 6.92 Å². The summed E-state index contributed by atoms with van der Waals surface area (Å²) in [5.41, 5.74) is 1.53. The second-order valence-corrected chi connectivity index (χ2v) is 4.50. The summed E-state index contributed by atoms with van der Waals surface area (Å²) in [5, 5.41) is 3.19. The van der Waals surface area contributed by atoms with Crippen molar-refractivity contribution in [1.29, 1.82) is 0 Å². The number of ketones is 1. The highest BCUT2D eigenvalue weighted by atomic mass is 16.5. The summed E-state index contributed by atoms with van der Waals surface area (Å²) in [6.07, 6.45) is 1.81. The van der Waals surface area contributed by atoms with Gasteiger partial charge in [-0.2, -0.15) is 0 Å². The molecule has 0 radical (unpaired) electrons. The summed E-state index contributed by atoms with van der Waals surface area (Å²) in [4.78, 5) is 15.8. The van der Waals surface area contributed by atoms with Gasteiger partial charge in [0, 0.05) is 22.5 Å². The van der Waals surface area contributed by atoms with E-state index in [1.165, 1.54) is 0 Å². The van der Waals surface area contributed by atoms with E-state index < -0.39 is 0 Å². The number of methoxy groups -OCH3 is 1. The zero-order valence-electron chi connectivity index (χ0n) is 10.8. The van der Waals surface area contributed by atoms with E-state index in [1.54, 1.807) is 14.0 Å². The maximum Gasteiger partial charge on any atom is 0.159 e. The maximum absolute atomic E-state index is 11.4. The van der Waals surface area contributed by atoms with Gasteiger partial charge in [-0.15, -0.1) is 0 Å². The minimum absolute atomic E-state index is 0.0542. The Kier molecular flexibility index (Phi) is 2.67. The fraction of sp³-hybridized carbons (Fsp3) is 0.125. The number of carbonyl (C=O) groups excluding carboxylic acids is 1. The van der Waals surface area contributed by atoms with Gasteiger partial charge in [-0.1, -0.05) is 12.1 Å². The molecule has 0 spiro atoms. The zero-order valence-corrected chi connectivity index (χ0v) is 10.8. The second-order valence-electron chi connectivity index (χ2n) is 4.50. The Hall–Kier alpha value is -2.42. The number of fused-ring (bicyclic) bond motifs is 3. The van der Waals surface area contributed by atoms with Crippen LogP contribution in [0.15, 0.2) is 42.6 Å². The highest BCUT2D eigenvalue weighted by Gasteiger charge is 2.06. The van der Waals surface area contributed by atoms with Gasteiger partial charge in [0.05, 0.1) is 12.6 Å². The number of rotatable bonds is 2. The first-order valence-electron chi connectivity index (χ1n) is 6.06. The Morgan fingerprint density at radius 1 is 1.11 bits per heavy atom. The smallest absolute Gasteiger partial charge is 0.159 e. The first kappa shape index (κ1) is 11.7. The van der Waals surface area contributed by atoms with Crippen LogP contribution in [0, 0.1) is 0 Å². The molecule has 2 aromatic carbocycles. The predicted molar refractivity (Wildman–Crippen MR) is 75.8 cm³/mol. The number of carbonyl (C=O) groups is 1. The molecule has 19 heavy (non-hydrogen) atoms. The third-order valence-electron chi connectivity index (χ3n) is 3.30. The lowest BCUT2D eigenvalue weighted by molar-refractivity contribution is 0.101. The van der Waals surface area contributed by atoms with E-state index in [0.29, 0.717) is 5.56 Å². The van der Waals surface area contributed by atoms with Gasteiger partial charge in [-0.05, 0) is 36.6 Å². The molecule has 0 fully saturated rings. The molecule has 0 saturated heterocycles. The summed E-state index contributed by atoms with van der Waals surface area (Å²) < 4.78 is 5.21. The lowest BCUT2D eigenvalue weighted by atomic mass is 10.0. The SMILES string of the molecule is COc1ccc2c(cnc3cc(C(C)=O)ccc32)c1. The molecule has 0 aliphatic rings. The number of hydrogen-bond donors (Lipinski definition) is 0. The molecule has 0 atom stereocenters. The topological polar surface area (TPSA) is 39.2 Å². The molecule has 0 bridgehead atoms. The molecule has 94 valence electrons. The van der Waals surface area contributed by atoms with Crippen LogP contribution in [0.4, 0.5) is 0 Å². The van der Waals surface area contributed by atoms with Gasteiger partial charge in [-0.25, -0.2) is 0 Å². The van der Waals surface area contributed by atoms with Crippen LogP contribution in [-0.2, 0) is 0 Å². The van der Waals surface area contributed by atoms with Crippen LogP contribution < -0.4 is 4.74 Å². The van der Waals surface area contributed by atoms with Crippen molar-refractivity contribution in [3.8, 4) is 5.75 Å². The van der Waals surface area contributed by atoms with Crippen LogP contribution in [0.3, 0.4) is 0 Å². The van der Waals surface area contributed by atoms with E-state index in [-0.39, 0.29) is 5.78 Å². The fourth-order valence-corrected chi connectivity index (χ4v) is 2.24. The van der Waals surface area contributed by atoms with Crippen LogP contribution in [0.2, 0.25) is 0 Å². The van der Waals surface area contributed by atoms with E-state index >= 15 is 0 Å². The monoisotopic (exact) mass is 251 g/mol. The van der Waals surface area contributed by atoms with Crippen LogP contribution in [0.5, 0.6) is 5.75 Å². The summed E-state index contributed by atoms with van der Waals surface area (Å²) in [7, 11) is 1.65. The normalized spacial score (nSPS) is 10.8. The molecule has 3 rings (SSSR count). The number of pyridine rings is 1. The minimum atomic E-state index is 0.0542. The Morgan fingerprint density at radius 2 is 1.89 bits per heavy atom. The zero-order chi connectivity index (χ0) is 13.4. The van der Waals surface area contributed by atoms with E-state index in [0.717, 1.165) is 27.4 Å². The summed E-state index contributed by atoms with van der Waals surface area (Å²) in [6.45, 7) is 1.56. The molecule has 1 heterocycles. The van der Waals surface area contributed by atoms with Gasteiger partial charge in [0.1, 0.15) is 5.75 Å². The number of nitrogens with zero attached hydrogens (tertiary/aromatic N) is 1. The Labute approximate surface area is 110 Å². The lowest BCUT2D eigenvalue weighted by Gasteiger charge is -2.06. The predicted octanol–water partition coefficient (Wildman–Crippen LogP) is 3.60. The highest BCUT2D eigenvalue weighted by Crippen LogP contribution is 2.27. The number of Topliss-reactive ketones (excluding diaryl/α,β-unsaturated/α-hetero) is 1.